The van der Waals surface area contributed by atoms with E-state index in [4.69, 9.17) is 0 Å². The van der Waals surface area contributed by atoms with Gasteiger partial charge >= 0.3 is 0 Å². The summed E-state index contributed by atoms with van der Waals surface area (Å²) in [4.78, 5) is 0.395. The third kappa shape index (κ3) is 8.18. The standard InChI is InChI=1S/C30H49N3O5S2/c1-21-27(39(35,36)31-20-30(8,9)34)18-25(33(21)19-22-13-11-10-12-14-22)23-15-16-26(24(17-23)28(2,3)4)40(37,38)32-29(5,6)7/h15-18,22,31-32,34H,10-14,19-20H2,1-9H3. The number of nitrogens with zero attached hydrogens (tertiary/aromatic N) is 1. The molecule has 8 nitrogen and oxygen atoms in total. The van der Waals surface area contributed by atoms with Crippen molar-refractivity contribution in [1.82, 2.24) is 14.0 Å². The Morgan fingerprint density at radius 2 is 1.48 bits per heavy atom. The molecule has 0 aliphatic heterocycles. The number of rotatable bonds is 9. The average molecular weight is 596 g/mol. The minimum atomic E-state index is -3.90. The van der Waals surface area contributed by atoms with E-state index in [1.54, 1.807) is 32.0 Å². The SMILES string of the molecule is Cc1c(S(=O)(=O)NCC(C)(C)O)cc(-c2ccc(S(=O)(=O)NC(C)(C)C)c(C(C)(C)C)c2)n1CC1CCCCC1. The molecule has 1 aromatic heterocycles. The van der Waals surface area contributed by atoms with Crippen LogP contribution in [0.2, 0.25) is 0 Å². The predicted octanol–water partition coefficient (Wildman–Crippen LogP) is 5.47. The number of nitrogens with one attached hydrogen (secondary N) is 2. The van der Waals surface area contributed by atoms with Crippen molar-refractivity contribution in [2.45, 2.75) is 127 Å². The van der Waals surface area contributed by atoms with Crippen LogP contribution >= 0.6 is 0 Å². The molecule has 1 saturated carbocycles. The van der Waals surface area contributed by atoms with Crippen LogP contribution in [-0.4, -0.2) is 44.2 Å². The zero-order valence-corrected chi connectivity index (χ0v) is 27.3. The van der Waals surface area contributed by atoms with Crippen LogP contribution in [0.15, 0.2) is 34.1 Å². The van der Waals surface area contributed by atoms with Gasteiger partial charge < -0.3 is 9.67 Å². The monoisotopic (exact) mass is 595 g/mol. The molecule has 0 radical (unpaired) electrons. The summed E-state index contributed by atoms with van der Waals surface area (Å²) in [6.45, 7) is 16.9. The van der Waals surface area contributed by atoms with Crippen molar-refractivity contribution < 1.29 is 21.9 Å². The number of benzene rings is 1. The first kappa shape index (κ1) is 32.8. The highest BCUT2D eigenvalue weighted by atomic mass is 32.2. The van der Waals surface area contributed by atoms with Gasteiger partial charge in [0.2, 0.25) is 20.0 Å². The molecular formula is C30H49N3O5S2. The smallest absolute Gasteiger partial charge is 0.242 e. The summed E-state index contributed by atoms with van der Waals surface area (Å²) in [7, 11) is -7.70. The van der Waals surface area contributed by atoms with E-state index in [0.717, 1.165) is 24.1 Å². The lowest BCUT2D eigenvalue weighted by Crippen LogP contribution is -2.41. The topological polar surface area (TPSA) is 118 Å². The summed E-state index contributed by atoms with van der Waals surface area (Å²) in [5, 5.41) is 10.1. The summed E-state index contributed by atoms with van der Waals surface area (Å²) in [5.41, 5.74) is 0.474. The van der Waals surface area contributed by atoms with E-state index in [1.165, 1.54) is 19.3 Å². The van der Waals surface area contributed by atoms with Gasteiger partial charge in [-0.2, -0.15) is 0 Å². The molecule has 1 aliphatic rings. The largest absolute Gasteiger partial charge is 0.389 e. The van der Waals surface area contributed by atoms with Gasteiger partial charge in [-0.25, -0.2) is 26.3 Å². The molecule has 1 fully saturated rings. The molecule has 1 aliphatic carbocycles. The van der Waals surface area contributed by atoms with Crippen LogP contribution in [0, 0.1) is 12.8 Å². The number of aliphatic hydroxyl groups is 1. The summed E-state index contributed by atoms with van der Waals surface area (Å²) >= 11 is 0. The van der Waals surface area contributed by atoms with Crippen LogP contribution in [0.5, 0.6) is 0 Å². The van der Waals surface area contributed by atoms with Crippen molar-refractivity contribution in [3.63, 3.8) is 0 Å². The van der Waals surface area contributed by atoms with Gasteiger partial charge in [-0.3, -0.25) is 0 Å². The fourth-order valence-electron chi connectivity index (χ4n) is 5.31. The number of aromatic nitrogens is 1. The molecule has 3 rings (SSSR count). The minimum Gasteiger partial charge on any atom is -0.389 e. The van der Waals surface area contributed by atoms with Gasteiger partial charge in [0.15, 0.2) is 0 Å². The van der Waals surface area contributed by atoms with E-state index in [1.807, 2.05) is 54.5 Å². The van der Waals surface area contributed by atoms with E-state index in [0.29, 0.717) is 23.7 Å². The van der Waals surface area contributed by atoms with Gasteiger partial charge in [-0.1, -0.05) is 46.1 Å². The molecule has 0 unspecified atom stereocenters. The van der Waals surface area contributed by atoms with Gasteiger partial charge in [0, 0.05) is 30.0 Å². The van der Waals surface area contributed by atoms with Gasteiger partial charge in [0.1, 0.15) is 4.90 Å². The maximum absolute atomic E-state index is 13.4. The highest BCUT2D eigenvalue weighted by Gasteiger charge is 2.31. The quantitative estimate of drug-likeness (QED) is 0.356. The van der Waals surface area contributed by atoms with E-state index >= 15 is 0 Å². The molecule has 2 aromatic rings. The van der Waals surface area contributed by atoms with Gasteiger partial charge in [0.25, 0.3) is 0 Å². The average Bonchev–Trinajstić information content (AvgIpc) is 3.12. The first-order chi connectivity index (χ1) is 18.1. The molecule has 3 N–H and O–H groups in total. The van der Waals surface area contributed by atoms with Crippen LogP contribution in [0.25, 0.3) is 11.3 Å². The second-order valence-corrected chi connectivity index (χ2v) is 17.4. The molecule has 0 saturated heterocycles. The van der Waals surface area contributed by atoms with Gasteiger partial charge in [-0.05, 0) is 95.0 Å². The Bertz CT molecular complexity index is 1420. The Morgan fingerprint density at radius 1 is 0.875 bits per heavy atom. The first-order valence-electron chi connectivity index (χ1n) is 14.2. The van der Waals surface area contributed by atoms with E-state index in [-0.39, 0.29) is 16.3 Å². The second kappa shape index (κ2) is 11.5. The molecule has 0 atom stereocenters. The highest BCUT2D eigenvalue weighted by Crippen LogP contribution is 2.37. The summed E-state index contributed by atoms with van der Waals surface area (Å²) in [6.07, 6.45) is 5.75. The van der Waals surface area contributed by atoms with Crippen molar-refractivity contribution in [3.05, 3.63) is 35.5 Å². The summed E-state index contributed by atoms with van der Waals surface area (Å²) in [5.74, 6) is 0.441. The zero-order valence-electron chi connectivity index (χ0n) is 25.7. The van der Waals surface area contributed by atoms with Crippen LogP contribution < -0.4 is 9.44 Å². The molecule has 226 valence electrons. The number of hydrogen-bond donors (Lipinski definition) is 3. The van der Waals surface area contributed by atoms with Crippen molar-refractivity contribution in [2.24, 2.45) is 5.92 Å². The molecule has 0 bridgehead atoms. The zero-order chi connectivity index (χ0) is 30.3. The normalized spacial score (nSPS) is 16.4. The lowest BCUT2D eigenvalue weighted by Gasteiger charge is -2.27. The van der Waals surface area contributed by atoms with Crippen LogP contribution in [-0.2, 0) is 32.0 Å². The fraction of sp³-hybridized carbons (Fsp3) is 0.667. The Balaban J connectivity index is 2.20. The van der Waals surface area contributed by atoms with Crippen molar-refractivity contribution in [1.29, 1.82) is 0 Å². The van der Waals surface area contributed by atoms with Crippen molar-refractivity contribution >= 4 is 20.0 Å². The molecule has 0 amide bonds. The van der Waals surface area contributed by atoms with E-state index in [9.17, 15) is 21.9 Å². The molecule has 1 aromatic carbocycles. The molecular weight excluding hydrogens is 546 g/mol. The Hall–Kier alpha value is -1.72. The molecule has 10 heteroatoms. The van der Waals surface area contributed by atoms with Crippen LogP contribution in [0.1, 0.15) is 98.8 Å². The van der Waals surface area contributed by atoms with Crippen molar-refractivity contribution in [2.75, 3.05) is 6.54 Å². The molecule has 40 heavy (non-hydrogen) atoms. The second-order valence-electron chi connectivity index (χ2n) is 14.0. The summed E-state index contributed by atoms with van der Waals surface area (Å²) < 4.78 is 61.1. The third-order valence-electron chi connectivity index (χ3n) is 7.28. The van der Waals surface area contributed by atoms with Crippen molar-refractivity contribution in [3.8, 4) is 11.3 Å². The highest BCUT2D eigenvalue weighted by molar-refractivity contribution is 7.89. The van der Waals surface area contributed by atoms with Gasteiger partial charge in [0.05, 0.1) is 10.5 Å². The Morgan fingerprint density at radius 3 is 2.00 bits per heavy atom. The van der Waals surface area contributed by atoms with Crippen LogP contribution in [0.4, 0.5) is 0 Å². The maximum atomic E-state index is 13.4. The predicted molar refractivity (Wildman–Crippen MR) is 161 cm³/mol. The molecule has 1 heterocycles. The summed E-state index contributed by atoms with van der Waals surface area (Å²) in [6, 6.07) is 7.00. The maximum Gasteiger partial charge on any atom is 0.242 e. The lowest BCUT2D eigenvalue weighted by molar-refractivity contribution is 0.0857. The Labute approximate surface area is 242 Å². The molecule has 0 spiro atoms. The Kier molecular flexibility index (Phi) is 9.44. The first-order valence-corrected chi connectivity index (χ1v) is 17.2. The van der Waals surface area contributed by atoms with Gasteiger partial charge in [-0.15, -0.1) is 0 Å². The number of hydrogen-bond acceptors (Lipinski definition) is 5. The van der Waals surface area contributed by atoms with E-state index < -0.39 is 36.6 Å². The lowest BCUT2D eigenvalue weighted by atomic mass is 9.85. The van der Waals surface area contributed by atoms with E-state index in [2.05, 4.69) is 14.0 Å². The number of sulfonamides is 2. The third-order valence-corrected chi connectivity index (χ3v) is 10.6. The fourth-order valence-corrected chi connectivity index (χ4v) is 8.59. The van der Waals surface area contributed by atoms with Crippen LogP contribution in [0.3, 0.4) is 0 Å². The minimum absolute atomic E-state index is 0.112.